The van der Waals surface area contributed by atoms with Crippen molar-refractivity contribution in [2.45, 2.75) is 13.0 Å². The van der Waals surface area contributed by atoms with Crippen molar-refractivity contribution in [1.29, 1.82) is 0 Å². The molecular formula is C5H3N5O4S4. The summed E-state index contributed by atoms with van der Waals surface area (Å²) in [6.45, 7) is 0. The van der Waals surface area contributed by atoms with Crippen LogP contribution < -0.4 is 0 Å². The van der Waals surface area contributed by atoms with Gasteiger partial charge in [-0.2, -0.15) is 0 Å². The largest absolute Gasteiger partial charge is 0.451 e. The molecule has 96 valence electrons. The first kappa shape index (κ1) is 13.3. The Hall–Kier alpha value is -1.18. The first-order chi connectivity index (χ1) is 8.49. The summed E-state index contributed by atoms with van der Waals surface area (Å²) in [5.74, 6) is 0. The second-order valence-electron chi connectivity index (χ2n) is 2.66. The molecule has 0 saturated carbocycles. The van der Waals surface area contributed by atoms with Crippen LogP contribution in [0.4, 0.5) is 5.13 Å². The highest BCUT2D eigenvalue weighted by molar-refractivity contribution is 7.90. The molecule has 18 heavy (non-hydrogen) atoms. The summed E-state index contributed by atoms with van der Waals surface area (Å²) in [4.78, 5) is 9.70. The molecule has 0 bridgehead atoms. The first-order valence-corrected chi connectivity index (χ1v) is 8.39. The van der Waals surface area contributed by atoms with E-state index in [1.54, 1.807) is 0 Å². The van der Waals surface area contributed by atoms with Gasteiger partial charge in [0.1, 0.15) is 10.8 Å². The average Bonchev–Trinajstić information content (AvgIpc) is 2.97. The van der Waals surface area contributed by atoms with Gasteiger partial charge in [0.2, 0.25) is 13.0 Å². The highest BCUT2D eigenvalue weighted by Crippen LogP contribution is 2.26. The van der Waals surface area contributed by atoms with Crippen molar-refractivity contribution in [3.8, 4) is 0 Å². The molecule has 0 aliphatic rings. The van der Waals surface area contributed by atoms with Gasteiger partial charge in [-0.25, -0.2) is 4.21 Å². The van der Waals surface area contributed by atoms with Crippen LogP contribution >= 0.6 is 22.7 Å². The van der Waals surface area contributed by atoms with Crippen LogP contribution in [0.25, 0.3) is 0 Å². The molecule has 2 aromatic heterocycles. The fourth-order valence-electron chi connectivity index (χ4n) is 0.814. The zero-order chi connectivity index (χ0) is 13.3. The number of hydrogen-bond acceptors (Lipinski definition) is 10. The van der Waals surface area contributed by atoms with E-state index in [1.807, 2.05) is 0 Å². The third kappa shape index (κ3) is 2.63. The van der Waals surface area contributed by atoms with Crippen molar-refractivity contribution in [2.75, 3.05) is 6.26 Å². The summed E-state index contributed by atoms with van der Waals surface area (Å²) in [6.07, 6.45) is 1.42. The van der Waals surface area contributed by atoms with Crippen molar-refractivity contribution in [2.24, 2.45) is 0 Å². The van der Waals surface area contributed by atoms with E-state index in [4.69, 9.17) is 0 Å². The van der Waals surface area contributed by atoms with Gasteiger partial charge in [0, 0.05) is 6.26 Å². The Labute approximate surface area is 112 Å². The highest BCUT2D eigenvalue weighted by Gasteiger charge is 2.24. The minimum absolute atomic E-state index is 0.0358. The molecule has 0 aliphatic carbocycles. The fourth-order valence-corrected chi connectivity index (χ4v) is 4.62. The summed E-state index contributed by atoms with van der Waals surface area (Å²) in [5.41, 5.74) is 0. The number of nitrogens with zero attached hydrogens (tertiary/aromatic N) is 5. The van der Waals surface area contributed by atoms with Crippen LogP contribution in [-0.2, 0) is 21.6 Å². The summed E-state index contributed by atoms with van der Waals surface area (Å²) in [6, 6.07) is 0. The maximum absolute atomic E-state index is 11.9. The quantitative estimate of drug-likeness (QED) is 0.576. The molecule has 2 atom stereocenters. The lowest BCUT2D eigenvalue weighted by Crippen LogP contribution is -1.91. The molecule has 13 heteroatoms. The average molecular weight is 325 g/mol. The Kier molecular flexibility index (Phi) is 3.84. The predicted octanol–water partition coefficient (Wildman–Crippen LogP) is 0.202. The van der Waals surface area contributed by atoms with E-state index in [2.05, 4.69) is 20.4 Å². The topological polar surface area (TPSA) is 129 Å². The second kappa shape index (κ2) is 5.21. The Balaban J connectivity index is 2.29. The van der Waals surface area contributed by atoms with E-state index >= 15 is 0 Å². The van der Waals surface area contributed by atoms with Crippen LogP contribution in [0.2, 0.25) is 0 Å². The predicted molar refractivity (Wildman–Crippen MR) is 63.5 cm³/mol. The normalized spacial score (nSPS) is 14.3. The molecular weight excluding hydrogens is 322 g/mol. The summed E-state index contributed by atoms with van der Waals surface area (Å²) in [5, 5.41) is 23.9. The standard InChI is InChI=1S/C5H3N5O4S4/c1-17(13)3-7-9-5(16-3)18(14)4-8-6-2(15-4)10(11)12/h1H3. The van der Waals surface area contributed by atoms with Gasteiger partial charge < -0.3 is 10.1 Å². The zero-order valence-electron chi connectivity index (χ0n) is 8.50. The molecule has 2 unspecified atom stereocenters. The van der Waals surface area contributed by atoms with Gasteiger partial charge in [0.05, 0.1) is 15.9 Å². The van der Waals surface area contributed by atoms with E-state index in [9.17, 15) is 18.5 Å². The third-order valence-electron chi connectivity index (χ3n) is 1.50. The van der Waals surface area contributed by atoms with Gasteiger partial charge in [0.15, 0.2) is 0 Å². The van der Waals surface area contributed by atoms with E-state index in [0.717, 1.165) is 11.3 Å². The molecule has 2 rings (SSSR count). The highest BCUT2D eigenvalue weighted by atomic mass is 32.2. The lowest BCUT2D eigenvalue weighted by molar-refractivity contribution is -0.385. The molecule has 0 aromatic carbocycles. The summed E-state index contributed by atoms with van der Waals surface area (Å²) >= 11 is 1.51. The van der Waals surface area contributed by atoms with Crippen molar-refractivity contribution in [1.82, 2.24) is 20.4 Å². The van der Waals surface area contributed by atoms with Crippen molar-refractivity contribution < 1.29 is 13.3 Å². The fraction of sp³-hybridized carbons (Fsp3) is 0.200. The molecule has 9 nitrogen and oxygen atoms in total. The molecule has 0 aliphatic heterocycles. The summed E-state index contributed by atoms with van der Waals surface area (Å²) < 4.78 is 23.3. The van der Waals surface area contributed by atoms with E-state index in [1.165, 1.54) is 6.26 Å². The van der Waals surface area contributed by atoms with Crippen LogP contribution in [-0.4, -0.2) is 40.0 Å². The number of nitro groups is 1. The maximum Gasteiger partial charge on any atom is 0.451 e. The zero-order valence-corrected chi connectivity index (χ0v) is 11.8. The molecule has 0 radical (unpaired) electrons. The van der Waals surface area contributed by atoms with Crippen molar-refractivity contribution >= 4 is 49.4 Å². The van der Waals surface area contributed by atoms with Gasteiger partial charge in [0.25, 0.3) is 0 Å². The minimum atomic E-state index is -1.79. The third-order valence-corrected chi connectivity index (χ3v) is 6.42. The van der Waals surface area contributed by atoms with Crippen LogP contribution in [0.15, 0.2) is 13.0 Å². The van der Waals surface area contributed by atoms with Crippen LogP contribution in [0.1, 0.15) is 0 Å². The van der Waals surface area contributed by atoms with Gasteiger partial charge in [-0.1, -0.05) is 11.3 Å². The van der Waals surface area contributed by atoms with Gasteiger partial charge in [-0.3, -0.25) is 4.21 Å². The lowest BCUT2D eigenvalue weighted by Gasteiger charge is -1.86. The Morgan fingerprint density at radius 1 is 1.06 bits per heavy atom. The molecule has 0 saturated heterocycles. The van der Waals surface area contributed by atoms with E-state index < -0.39 is 31.7 Å². The number of aromatic nitrogens is 4. The van der Waals surface area contributed by atoms with Gasteiger partial charge in [-0.05, 0) is 21.4 Å². The monoisotopic (exact) mass is 325 g/mol. The molecule has 0 amide bonds. The smallest absolute Gasteiger partial charge is 0.357 e. The van der Waals surface area contributed by atoms with Crippen LogP contribution in [0.5, 0.6) is 0 Å². The van der Waals surface area contributed by atoms with Crippen LogP contribution in [0.3, 0.4) is 0 Å². The van der Waals surface area contributed by atoms with Crippen molar-refractivity contribution in [3.05, 3.63) is 10.1 Å². The van der Waals surface area contributed by atoms with Gasteiger partial charge in [-0.15, -0.1) is 10.2 Å². The second-order valence-corrected chi connectivity index (χ2v) is 7.98. The maximum atomic E-state index is 11.9. The number of rotatable bonds is 4. The Morgan fingerprint density at radius 3 is 2.11 bits per heavy atom. The van der Waals surface area contributed by atoms with Crippen molar-refractivity contribution in [3.63, 3.8) is 0 Å². The van der Waals surface area contributed by atoms with Gasteiger partial charge >= 0.3 is 5.13 Å². The SMILES string of the molecule is CS(=O)c1nnc(S(=O)c2nnc([N+](=O)[O-])s2)s1. The minimum Gasteiger partial charge on any atom is -0.357 e. The molecule has 2 heterocycles. The molecule has 0 fully saturated rings. The van der Waals surface area contributed by atoms with E-state index in [0.29, 0.717) is 11.3 Å². The molecule has 0 N–H and O–H groups in total. The number of hydrogen-bond donors (Lipinski definition) is 0. The molecule has 0 spiro atoms. The summed E-state index contributed by atoms with van der Waals surface area (Å²) in [7, 11) is -3.10. The van der Waals surface area contributed by atoms with E-state index in [-0.39, 0.29) is 13.0 Å². The van der Waals surface area contributed by atoms with Crippen LogP contribution in [0, 0.1) is 10.1 Å². The lowest BCUT2D eigenvalue weighted by atomic mass is 11.3. The molecule has 2 aromatic rings. The Bertz CT molecular complexity index is 596. The Morgan fingerprint density at radius 2 is 1.61 bits per heavy atom. The first-order valence-electron chi connectivity index (χ1n) is 4.05.